The predicted octanol–water partition coefficient (Wildman–Crippen LogP) is 4.42. The van der Waals surface area contributed by atoms with E-state index in [-0.39, 0.29) is 17.2 Å². The zero-order valence-corrected chi connectivity index (χ0v) is 19.7. The molecule has 2 aromatic carbocycles. The van der Waals surface area contributed by atoms with Gasteiger partial charge in [-0.3, -0.25) is 4.79 Å². The molecule has 7 heteroatoms. The van der Waals surface area contributed by atoms with E-state index in [0.29, 0.717) is 30.6 Å². The SMILES string of the molecule is CCCCN(C(=O)C1(C)CCc2c(C)c(O)c(C)c(C)c2O1)S(=O)(=O)c1ccccc1. The number of benzene rings is 2. The predicted molar refractivity (Wildman–Crippen MR) is 120 cm³/mol. The van der Waals surface area contributed by atoms with E-state index >= 15 is 0 Å². The number of fused-ring (bicyclic) bond motifs is 1. The standard InChI is InChI=1S/C24H31NO5S/c1-6-7-15-25(31(28,29)19-11-9-8-10-12-19)23(27)24(5)14-13-20-18(4)21(26)16(2)17(3)22(20)30-24/h8-12,26H,6-7,13-15H2,1-5H3. The van der Waals surface area contributed by atoms with Gasteiger partial charge in [0.05, 0.1) is 4.90 Å². The average Bonchev–Trinajstić information content (AvgIpc) is 2.76. The van der Waals surface area contributed by atoms with Gasteiger partial charge < -0.3 is 9.84 Å². The van der Waals surface area contributed by atoms with Crippen LogP contribution in [0, 0.1) is 20.8 Å². The molecule has 31 heavy (non-hydrogen) atoms. The largest absolute Gasteiger partial charge is 0.507 e. The lowest BCUT2D eigenvalue weighted by molar-refractivity contribution is -0.143. The minimum absolute atomic E-state index is 0.0899. The van der Waals surface area contributed by atoms with E-state index in [2.05, 4.69) is 0 Å². The maximum atomic E-state index is 13.7. The number of aromatic hydroxyl groups is 1. The van der Waals surface area contributed by atoms with Gasteiger partial charge in [0.15, 0.2) is 5.60 Å². The molecule has 0 saturated heterocycles. The summed E-state index contributed by atoms with van der Waals surface area (Å²) in [6, 6.07) is 8.03. The van der Waals surface area contributed by atoms with Crippen LogP contribution in [0.15, 0.2) is 35.2 Å². The Morgan fingerprint density at radius 2 is 1.77 bits per heavy atom. The van der Waals surface area contributed by atoms with Crippen molar-refractivity contribution >= 4 is 15.9 Å². The molecule has 0 aromatic heterocycles. The van der Waals surface area contributed by atoms with E-state index in [9.17, 15) is 18.3 Å². The Kier molecular flexibility index (Phi) is 6.37. The number of sulfonamides is 1. The fraction of sp³-hybridized carbons (Fsp3) is 0.458. The van der Waals surface area contributed by atoms with Crippen LogP contribution in [0.3, 0.4) is 0 Å². The number of amides is 1. The number of phenols is 1. The Morgan fingerprint density at radius 1 is 1.13 bits per heavy atom. The molecule has 0 radical (unpaired) electrons. The molecule has 1 heterocycles. The minimum Gasteiger partial charge on any atom is -0.507 e. The highest BCUT2D eigenvalue weighted by atomic mass is 32.2. The second-order valence-electron chi connectivity index (χ2n) is 8.41. The highest BCUT2D eigenvalue weighted by Crippen LogP contribution is 2.44. The van der Waals surface area contributed by atoms with Crippen LogP contribution in [-0.4, -0.2) is 35.9 Å². The summed E-state index contributed by atoms with van der Waals surface area (Å²) in [5, 5.41) is 10.4. The number of nitrogens with zero attached hydrogens (tertiary/aromatic N) is 1. The number of phenolic OH excluding ortho intramolecular Hbond substituents is 1. The summed E-state index contributed by atoms with van der Waals surface area (Å²) in [5.74, 6) is 0.256. The van der Waals surface area contributed by atoms with Crippen molar-refractivity contribution in [2.45, 2.75) is 70.8 Å². The Hall–Kier alpha value is -2.54. The number of ether oxygens (including phenoxy) is 1. The first kappa shape index (κ1) is 23.1. The Balaban J connectivity index is 2.03. The van der Waals surface area contributed by atoms with Crippen LogP contribution in [0.4, 0.5) is 0 Å². The van der Waals surface area contributed by atoms with E-state index in [1.165, 1.54) is 12.1 Å². The van der Waals surface area contributed by atoms with Crippen molar-refractivity contribution in [3.8, 4) is 11.5 Å². The molecule has 1 atom stereocenters. The Bertz CT molecular complexity index is 1090. The normalized spacial score (nSPS) is 18.2. The van der Waals surface area contributed by atoms with Crippen molar-refractivity contribution in [3.05, 3.63) is 52.6 Å². The smallest absolute Gasteiger partial charge is 0.280 e. The first-order valence-electron chi connectivity index (χ1n) is 10.7. The molecule has 1 aliphatic heterocycles. The number of hydrogen-bond acceptors (Lipinski definition) is 5. The van der Waals surface area contributed by atoms with Gasteiger partial charge in [-0.15, -0.1) is 0 Å². The zero-order chi connectivity index (χ0) is 23.0. The molecular formula is C24H31NO5S. The van der Waals surface area contributed by atoms with Gasteiger partial charge in [0.25, 0.3) is 15.9 Å². The fourth-order valence-electron chi connectivity index (χ4n) is 4.01. The van der Waals surface area contributed by atoms with Crippen LogP contribution >= 0.6 is 0 Å². The second kappa shape index (κ2) is 8.54. The minimum atomic E-state index is -4.01. The van der Waals surface area contributed by atoms with Crippen LogP contribution in [-0.2, 0) is 21.2 Å². The van der Waals surface area contributed by atoms with E-state index < -0.39 is 21.5 Å². The van der Waals surface area contributed by atoms with Gasteiger partial charge in [-0.05, 0) is 69.4 Å². The number of hydrogen-bond donors (Lipinski definition) is 1. The van der Waals surface area contributed by atoms with Crippen molar-refractivity contribution in [1.82, 2.24) is 4.31 Å². The van der Waals surface area contributed by atoms with Crippen molar-refractivity contribution in [2.24, 2.45) is 0 Å². The first-order valence-corrected chi connectivity index (χ1v) is 12.1. The van der Waals surface area contributed by atoms with Crippen molar-refractivity contribution in [1.29, 1.82) is 0 Å². The first-order chi connectivity index (χ1) is 14.5. The maximum Gasteiger partial charge on any atom is 0.280 e. The second-order valence-corrected chi connectivity index (χ2v) is 10.3. The lowest BCUT2D eigenvalue weighted by Gasteiger charge is -2.39. The molecule has 0 saturated carbocycles. The van der Waals surface area contributed by atoms with Gasteiger partial charge in [0, 0.05) is 18.5 Å². The molecule has 1 N–H and O–H groups in total. The van der Waals surface area contributed by atoms with Gasteiger partial charge in [-0.2, -0.15) is 0 Å². The maximum absolute atomic E-state index is 13.7. The molecule has 1 unspecified atom stereocenters. The molecule has 2 aromatic rings. The lowest BCUT2D eigenvalue weighted by atomic mass is 9.86. The van der Waals surface area contributed by atoms with Crippen LogP contribution in [0.5, 0.6) is 11.5 Å². The molecule has 3 rings (SSSR count). The van der Waals surface area contributed by atoms with Crippen LogP contribution in [0.25, 0.3) is 0 Å². The van der Waals surface area contributed by atoms with E-state index in [0.717, 1.165) is 27.4 Å². The van der Waals surface area contributed by atoms with Gasteiger partial charge in [-0.25, -0.2) is 12.7 Å². The number of carbonyl (C=O) groups is 1. The highest BCUT2D eigenvalue weighted by molar-refractivity contribution is 7.89. The molecule has 0 fully saturated rings. The van der Waals surface area contributed by atoms with Crippen LogP contribution in [0.1, 0.15) is 55.4 Å². The number of unbranched alkanes of at least 4 members (excludes halogenated alkanes) is 1. The van der Waals surface area contributed by atoms with Crippen molar-refractivity contribution in [2.75, 3.05) is 6.54 Å². The zero-order valence-electron chi connectivity index (χ0n) is 18.9. The van der Waals surface area contributed by atoms with Gasteiger partial charge >= 0.3 is 0 Å². The summed E-state index contributed by atoms with van der Waals surface area (Å²) in [6.45, 7) is 9.21. The fourth-order valence-corrected chi connectivity index (χ4v) is 5.55. The third-order valence-corrected chi connectivity index (χ3v) is 8.04. The summed E-state index contributed by atoms with van der Waals surface area (Å²) in [4.78, 5) is 13.8. The van der Waals surface area contributed by atoms with Crippen molar-refractivity contribution in [3.63, 3.8) is 0 Å². The van der Waals surface area contributed by atoms with Gasteiger partial charge in [-0.1, -0.05) is 31.5 Å². The molecule has 168 valence electrons. The summed E-state index contributed by atoms with van der Waals surface area (Å²) < 4.78 is 33.9. The third kappa shape index (κ3) is 4.03. The van der Waals surface area contributed by atoms with Crippen molar-refractivity contribution < 1.29 is 23.1 Å². The summed E-state index contributed by atoms with van der Waals surface area (Å²) in [5.41, 5.74) is 1.77. The molecule has 0 bridgehead atoms. The topological polar surface area (TPSA) is 83.9 Å². The summed E-state index contributed by atoms with van der Waals surface area (Å²) in [6.07, 6.45) is 2.17. The quantitative estimate of drug-likeness (QED) is 0.712. The summed E-state index contributed by atoms with van der Waals surface area (Å²) >= 11 is 0. The van der Waals surface area contributed by atoms with Crippen LogP contribution in [0.2, 0.25) is 0 Å². The highest BCUT2D eigenvalue weighted by Gasteiger charge is 2.46. The number of carbonyl (C=O) groups excluding carboxylic acids is 1. The average molecular weight is 446 g/mol. The van der Waals surface area contributed by atoms with E-state index in [1.54, 1.807) is 25.1 Å². The third-order valence-electron chi connectivity index (χ3n) is 6.24. The van der Waals surface area contributed by atoms with E-state index in [1.807, 2.05) is 27.7 Å². The molecule has 0 spiro atoms. The Labute approximate surface area is 184 Å². The molecule has 1 amide bonds. The summed E-state index contributed by atoms with van der Waals surface area (Å²) in [7, 11) is -4.01. The molecular weight excluding hydrogens is 414 g/mol. The van der Waals surface area contributed by atoms with E-state index in [4.69, 9.17) is 4.74 Å². The van der Waals surface area contributed by atoms with Gasteiger partial charge in [0.2, 0.25) is 0 Å². The Morgan fingerprint density at radius 3 is 2.39 bits per heavy atom. The molecule has 6 nitrogen and oxygen atoms in total. The van der Waals surface area contributed by atoms with Gasteiger partial charge in [0.1, 0.15) is 11.5 Å². The van der Waals surface area contributed by atoms with Crippen LogP contribution < -0.4 is 4.74 Å². The monoisotopic (exact) mass is 445 g/mol. The molecule has 1 aliphatic rings. The molecule has 0 aliphatic carbocycles. The lowest BCUT2D eigenvalue weighted by Crippen LogP contribution is -2.54. The number of rotatable bonds is 6.